The van der Waals surface area contributed by atoms with E-state index in [1.807, 2.05) is 6.07 Å². The van der Waals surface area contributed by atoms with E-state index in [0.29, 0.717) is 24.2 Å². The lowest BCUT2D eigenvalue weighted by Gasteiger charge is -2.17. The van der Waals surface area contributed by atoms with E-state index in [0.717, 1.165) is 23.4 Å². The number of amides is 1. The number of benzene rings is 2. The van der Waals surface area contributed by atoms with Gasteiger partial charge in [0.05, 0.1) is 5.56 Å². The van der Waals surface area contributed by atoms with Crippen LogP contribution >= 0.6 is 0 Å². The Morgan fingerprint density at radius 1 is 1.04 bits per heavy atom. The van der Waals surface area contributed by atoms with Gasteiger partial charge in [-0.2, -0.15) is 13.2 Å². The number of nitrogens with one attached hydrogen (secondary N) is 1. The number of ether oxygens (including phenoxy) is 1. The topological polar surface area (TPSA) is 38.3 Å². The van der Waals surface area contributed by atoms with Crippen LogP contribution < -0.4 is 10.1 Å². The molecular weight excluding hydrogens is 307 g/mol. The van der Waals surface area contributed by atoms with Crippen LogP contribution in [0.1, 0.15) is 23.1 Å². The zero-order valence-electron chi connectivity index (χ0n) is 12.1. The van der Waals surface area contributed by atoms with Crippen molar-refractivity contribution in [2.24, 2.45) is 0 Å². The lowest BCUT2D eigenvalue weighted by Crippen LogP contribution is -2.18. The highest BCUT2D eigenvalue weighted by molar-refractivity contribution is 5.93. The van der Waals surface area contributed by atoms with Gasteiger partial charge in [0.15, 0.2) is 0 Å². The molecule has 1 heterocycles. The highest BCUT2D eigenvalue weighted by atomic mass is 19.4. The maximum Gasteiger partial charge on any atom is 0.416 e. The molecule has 23 heavy (non-hydrogen) atoms. The van der Waals surface area contributed by atoms with Crippen molar-refractivity contribution in [3.63, 3.8) is 0 Å². The molecule has 120 valence electrons. The van der Waals surface area contributed by atoms with Crippen molar-refractivity contribution in [3.05, 3.63) is 59.2 Å². The molecule has 1 aliphatic heterocycles. The minimum atomic E-state index is -4.33. The number of halogens is 3. The fourth-order valence-electron chi connectivity index (χ4n) is 2.41. The van der Waals surface area contributed by atoms with Crippen molar-refractivity contribution < 1.29 is 22.7 Å². The summed E-state index contributed by atoms with van der Waals surface area (Å²) in [6.07, 6.45) is -3.24. The Labute approximate surface area is 131 Å². The summed E-state index contributed by atoms with van der Waals surface area (Å²) in [6, 6.07) is 10.2. The van der Waals surface area contributed by atoms with E-state index < -0.39 is 11.7 Å². The molecule has 3 nitrogen and oxygen atoms in total. The molecule has 3 rings (SSSR count). The Balaban J connectivity index is 1.65. The fourth-order valence-corrected chi connectivity index (χ4v) is 2.41. The molecule has 2 aromatic rings. The highest BCUT2D eigenvalue weighted by Gasteiger charge is 2.29. The molecule has 1 aliphatic rings. The van der Waals surface area contributed by atoms with Gasteiger partial charge in [0, 0.05) is 12.1 Å². The first kappa shape index (κ1) is 15.4. The number of hydrogen-bond donors (Lipinski definition) is 1. The molecule has 2 aromatic carbocycles. The van der Waals surface area contributed by atoms with Crippen LogP contribution in [-0.4, -0.2) is 5.91 Å². The van der Waals surface area contributed by atoms with E-state index in [-0.39, 0.29) is 12.5 Å². The van der Waals surface area contributed by atoms with Crippen molar-refractivity contribution >= 4 is 11.6 Å². The molecule has 0 bridgehead atoms. The molecule has 0 aliphatic carbocycles. The first-order valence-electron chi connectivity index (χ1n) is 7.13. The van der Waals surface area contributed by atoms with Crippen molar-refractivity contribution in [2.45, 2.75) is 25.6 Å². The predicted molar refractivity (Wildman–Crippen MR) is 79.2 cm³/mol. The summed E-state index contributed by atoms with van der Waals surface area (Å²) in [5.74, 6) is 0.621. The maximum atomic E-state index is 12.5. The summed E-state index contributed by atoms with van der Waals surface area (Å²) >= 11 is 0. The molecule has 1 amide bonds. The number of alkyl halides is 3. The quantitative estimate of drug-likeness (QED) is 0.921. The lowest BCUT2D eigenvalue weighted by molar-refractivity contribution is -0.137. The van der Waals surface area contributed by atoms with Crippen LogP contribution in [0.4, 0.5) is 18.9 Å². The average molecular weight is 321 g/mol. The van der Waals surface area contributed by atoms with Gasteiger partial charge in [-0.05, 0) is 47.9 Å². The first-order valence-corrected chi connectivity index (χ1v) is 7.13. The molecule has 0 saturated carbocycles. The molecule has 0 fully saturated rings. The molecule has 0 atom stereocenters. The minimum absolute atomic E-state index is 0.00378. The van der Waals surface area contributed by atoms with Gasteiger partial charge >= 0.3 is 6.18 Å². The van der Waals surface area contributed by atoms with E-state index in [9.17, 15) is 18.0 Å². The third-order valence-electron chi connectivity index (χ3n) is 3.66. The van der Waals surface area contributed by atoms with Gasteiger partial charge in [0.25, 0.3) is 0 Å². The number of carbonyl (C=O) groups is 1. The van der Waals surface area contributed by atoms with Gasteiger partial charge in [0.2, 0.25) is 5.91 Å². The maximum absolute atomic E-state index is 12.5. The van der Waals surface area contributed by atoms with Gasteiger partial charge < -0.3 is 10.1 Å². The lowest BCUT2D eigenvalue weighted by atomic mass is 10.0. The standard InChI is InChI=1S/C17H14F3NO2/c18-17(19,20)13-4-1-11(2-5-13)10-23-14-6-7-15-12(9-14)3-8-16(22)21-15/h1-2,4-7,9H,3,8,10H2,(H,21,22). The van der Waals surface area contributed by atoms with E-state index in [2.05, 4.69) is 5.32 Å². The molecule has 0 unspecified atom stereocenters. The van der Waals surface area contributed by atoms with E-state index in [1.54, 1.807) is 12.1 Å². The van der Waals surface area contributed by atoms with Crippen LogP contribution in [0.5, 0.6) is 5.75 Å². The van der Waals surface area contributed by atoms with Crippen molar-refractivity contribution in [1.82, 2.24) is 0 Å². The van der Waals surface area contributed by atoms with Crippen LogP contribution in [-0.2, 0) is 24.0 Å². The van der Waals surface area contributed by atoms with E-state index in [1.165, 1.54) is 12.1 Å². The molecule has 0 aromatic heterocycles. The van der Waals surface area contributed by atoms with Gasteiger partial charge in [-0.25, -0.2) is 0 Å². The number of fused-ring (bicyclic) bond motifs is 1. The highest BCUT2D eigenvalue weighted by Crippen LogP contribution is 2.30. The predicted octanol–water partition coefficient (Wildman–Crippen LogP) is 4.17. The molecule has 0 radical (unpaired) electrons. The first-order chi connectivity index (χ1) is 10.9. The van der Waals surface area contributed by atoms with Crippen molar-refractivity contribution in [1.29, 1.82) is 0 Å². The van der Waals surface area contributed by atoms with Crippen LogP contribution in [0, 0.1) is 0 Å². The zero-order chi connectivity index (χ0) is 16.4. The number of aryl methyl sites for hydroxylation is 1. The smallest absolute Gasteiger partial charge is 0.416 e. The summed E-state index contributed by atoms with van der Waals surface area (Å²) < 4.78 is 43.1. The fraction of sp³-hybridized carbons (Fsp3) is 0.235. The van der Waals surface area contributed by atoms with E-state index >= 15 is 0 Å². The monoisotopic (exact) mass is 321 g/mol. The van der Waals surface area contributed by atoms with Crippen molar-refractivity contribution in [3.8, 4) is 5.75 Å². The number of hydrogen-bond acceptors (Lipinski definition) is 2. The Morgan fingerprint density at radius 2 is 1.78 bits per heavy atom. The Bertz CT molecular complexity index is 724. The molecule has 6 heteroatoms. The van der Waals surface area contributed by atoms with Gasteiger partial charge in [-0.1, -0.05) is 12.1 Å². The van der Waals surface area contributed by atoms with E-state index in [4.69, 9.17) is 4.74 Å². The molecular formula is C17H14F3NO2. The summed E-state index contributed by atoms with van der Waals surface area (Å²) in [5, 5.41) is 2.78. The third-order valence-corrected chi connectivity index (χ3v) is 3.66. The average Bonchev–Trinajstić information content (AvgIpc) is 2.52. The summed E-state index contributed by atoms with van der Waals surface area (Å²) in [4.78, 5) is 11.3. The van der Waals surface area contributed by atoms with Gasteiger partial charge in [-0.3, -0.25) is 4.79 Å². The minimum Gasteiger partial charge on any atom is -0.489 e. The second kappa shape index (κ2) is 5.95. The normalized spacial score (nSPS) is 14.1. The summed E-state index contributed by atoms with van der Waals surface area (Å²) in [5.41, 5.74) is 1.76. The Hall–Kier alpha value is -2.50. The molecule has 1 N–H and O–H groups in total. The Morgan fingerprint density at radius 3 is 2.48 bits per heavy atom. The van der Waals surface area contributed by atoms with Crippen LogP contribution in [0.25, 0.3) is 0 Å². The van der Waals surface area contributed by atoms with Gasteiger partial charge in [-0.15, -0.1) is 0 Å². The van der Waals surface area contributed by atoms with Crippen molar-refractivity contribution in [2.75, 3.05) is 5.32 Å². The van der Waals surface area contributed by atoms with Crippen LogP contribution in [0.2, 0.25) is 0 Å². The Kier molecular flexibility index (Phi) is 3.98. The summed E-state index contributed by atoms with van der Waals surface area (Å²) in [7, 11) is 0. The van der Waals surface area contributed by atoms with Gasteiger partial charge in [0.1, 0.15) is 12.4 Å². The van der Waals surface area contributed by atoms with Crippen LogP contribution in [0.15, 0.2) is 42.5 Å². The number of carbonyl (C=O) groups excluding carboxylic acids is 1. The summed E-state index contributed by atoms with van der Waals surface area (Å²) in [6.45, 7) is 0.184. The molecule has 0 spiro atoms. The second-order valence-electron chi connectivity index (χ2n) is 5.35. The SMILES string of the molecule is O=C1CCc2cc(OCc3ccc(C(F)(F)F)cc3)ccc2N1. The van der Waals surface area contributed by atoms with Crippen LogP contribution in [0.3, 0.4) is 0 Å². The number of anilines is 1. The second-order valence-corrected chi connectivity index (χ2v) is 5.35. The largest absolute Gasteiger partial charge is 0.489 e. The molecule has 0 saturated heterocycles. The number of rotatable bonds is 3. The zero-order valence-corrected chi connectivity index (χ0v) is 12.1. The third kappa shape index (κ3) is 3.64.